The minimum atomic E-state index is -0.356. The standard InChI is InChI=1S/C20H23FO2S/c1-5-15-10-14(4)19(11-13(15)3)22-12-16-17(21)8-7-9-18(16)23-20(24)6-2/h7-11H,5-6,12H2,1-4H3. The highest BCUT2D eigenvalue weighted by atomic mass is 32.1. The molecule has 2 rings (SSSR count). The van der Waals surface area contributed by atoms with Gasteiger partial charge in [0.05, 0.1) is 5.56 Å². The van der Waals surface area contributed by atoms with Crippen LogP contribution in [0.3, 0.4) is 0 Å². The zero-order valence-corrected chi connectivity index (χ0v) is 15.4. The average molecular weight is 346 g/mol. The predicted molar refractivity (Wildman–Crippen MR) is 99.5 cm³/mol. The summed E-state index contributed by atoms with van der Waals surface area (Å²) in [5.74, 6) is 0.823. The summed E-state index contributed by atoms with van der Waals surface area (Å²) in [5.41, 5.74) is 3.89. The monoisotopic (exact) mass is 346 g/mol. The number of hydrogen-bond acceptors (Lipinski definition) is 3. The van der Waals surface area contributed by atoms with E-state index in [1.807, 2.05) is 19.9 Å². The molecule has 0 bridgehead atoms. The van der Waals surface area contributed by atoms with Gasteiger partial charge in [-0.3, -0.25) is 0 Å². The number of benzene rings is 2. The number of hydrogen-bond donors (Lipinski definition) is 0. The van der Waals surface area contributed by atoms with Crippen LogP contribution >= 0.6 is 12.2 Å². The van der Waals surface area contributed by atoms with Gasteiger partial charge in [-0.2, -0.15) is 0 Å². The highest BCUT2D eigenvalue weighted by Gasteiger charge is 2.13. The number of thiocarbonyl (C=S) groups is 1. The first kappa shape index (κ1) is 18.4. The van der Waals surface area contributed by atoms with Crippen molar-refractivity contribution in [3.05, 3.63) is 58.4 Å². The van der Waals surface area contributed by atoms with E-state index in [1.165, 1.54) is 17.2 Å². The van der Waals surface area contributed by atoms with Crippen LogP contribution in [0.2, 0.25) is 0 Å². The van der Waals surface area contributed by atoms with E-state index in [4.69, 9.17) is 21.7 Å². The van der Waals surface area contributed by atoms with Crippen molar-refractivity contribution in [3.8, 4) is 11.5 Å². The second-order valence-electron chi connectivity index (χ2n) is 5.73. The molecule has 0 aliphatic rings. The molecule has 24 heavy (non-hydrogen) atoms. The van der Waals surface area contributed by atoms with Crippen molar-refractivity contribution in [2.24, 2.45) is 0 Å². The normalized spacial score (nSPS) is 10.5. The zero-order valence-electron chi connectivity index (χ0n) is 14.6. The highest BCUT2D eigenvalue weighted by Crippen LogP contribution is 2.27. The summed E-state index contributed by atoms with van der Waals surface area (Å²) in [6.07, 6.45) is 1.58. The van der Waals surface area contributed by atoms with E-state index in [-0.39, 0.29) is 12.4 Å². The van der Waals surface area contributed by atoms with Crippen LogP contribution in [0, 0.1) is 19.7 Å². The van der Waals surface area contributed by atoms with Gasteiger partial charge in [0.15, 0.2) is 5.05 Å². The van der Waals surface area contributed by atoms with E-state index in [9.17, 15) is 4.39 Å². The van der Waals surface area contributed by atoms with Crippen LogP contribution in [-0.4, -0.2) is 5.05 Å². The molecule has 4 heteroatoms. The first-order valence-corrected chi connectivity index (χ1v) is 8.58. The molecule has 0 heterocycles. The Hall–Kier alpha value is -1.94. The Morgan fingerprint density at radius 3 is 2.50 bits per heavy atom. The second kappa shape index (κ2) is 8.25. The predicted octanol–water partition coefficient (Wildman–Crippen LogP) is 5.70. The Morgan fingerprint density at radius 1 is 1.08 bits per heavy atom. The van der Waals surface area contributed by atoms with E-state index in [2.05, 4.69) is 19.9 Å². The summed E-state index contributed by atoms with van der Waals surface area (Å²) in [5, 5.41) is 0.432. The minimum Gasteiger partial charge on any atom is -0.488 e. The highest BCUT2D eigenvalue weighted by molar-refractivity contribution is 7.80. The first-order valence-electron chi connectivity index (χ1n) is 8.17. The van der Waals surface area contributed by atoms with Crippen molar-refractivity contribution >= 4 is 17.3 Å². The van der Waals surface area contributed by atoms with Crippen molar-refractivity contribution in [2.75, 3.05) is 0 Å². The Morgan fingerprint density at radius 2 is 1.83 bits per heavy atom. The van der Waals surface area contributed by atoms with Gasteiger partial charge in [-0.05, 0) is 67.4 Å². The van der Waals surface area contributed by atoms with Gasteiger partial charge in [-0.1, -0.05) is 26.0 Å². The van der Waals surface area contributed by atoms with Crippen molar-refractivity contribution in [3.63, 3.8) is 0 Å². The van der Waals surface area contributed by atoms with Crippen LogP contribution in [0.1, 0.15) is 42.5 Å². The maximum absolute atomic E-state index is 14.2. The molecular weight excluding hydrogens is 323 g/mol. The molecule has 0 unspecified atom stereocenters. The van der Waals surface area contributed by atoms with E-state index in [0.29, 0.717) is 22.8 Å². The summed E-state index contributed by atoms with van der Waals surface area (Å²) in [4.78, 5) is 0. The summed E-state index contributed by atoms with van der Waals surface area (Å²) >= 11 is 5.10. The fraction of sp³-hybridized carbons (Fsp3) is 0.350. The van der Waals surface area contributed by atoms with Gasteiger partial charge in [0.25, 0.3) is 0 Å². The zero-order chi connectivity index (χ0) is 17.7. The molecule has 0 saturated carbocycles. The lowest BCUT2D eigenvalue weighted by Crippen LogP contribution is -2.08. The molecule has 0 aliphatic heterocycles. The minimum absolute atomic E-state index is 0.0973. The Balaban J connectivity index is 2.23. The van der Waals surface area contributed by atoms with Gasteiger partial charge in [-0.15, -0.1) is 0 Å². The Kier molecular flexibility index (Phi) is 6.32. The van der Waals surface area contributed by atoms with Gasteiger partial charge in [0, 0.05) is 6.42 Å². The van der Waals surface area contributed by atoms with Crippen molar-refractivity contribution in [1.82, 2.24) is 0 Å². The molecule has 128 valence electrons. The number of ether oxygens (including phenoxy) is 2. The summed E-state index contributed by atoms with van der Waals surface area (Å²) in [6.45, 7) is 8.18. The molecule has 0 saturated heterocycles. The van der Waals surface area contributed by atoms with Crippen molar-refractivity contribution in [1.29, 1.82) is 0 Å². The molecule has 2 nitrogen and oxygen atoms in total. The quantitative estimate of drug-likeness (QED) is 0.625. The van der Waals surface area contributed by atoms with Crippen LogP contribution in [0.15, 0.2) is 30.3 Å². The lowest BCUT2D eigenvalue weighted by atomic mass is 10.0. The molecule has 0 atom stereocenters. The van der Waals surface area contributed by atoms with Gasteiger partial charge < -0.3 is 9.47 Å². The molecule has 2 aromatic rings. The molecule has 2 aromatic carbocycles. The number of halogens is 1. The maximum atomic E-state index is 14.2. The van der Waals surface area contributed by atoms with E-state index in [0.717, 1.165) is 17.7 Å². The lowest BCUT2D eigenvalue weighted by Gasteiger charge is -2.15. The van der Waals surface area contributed by atoms with Crippen molar-refractivity contribution < 1.29 is 13.9 Å². The van der Waals surface area contributed by atoms with Gasteiger partial charge in [-0.25, -0.2) is 4.39 Å². The van der Waals surface area contributed by atoms with Gasteiger partial charge >= 0.3 is 0 Å². The maximum Gasteiger partial charge on any atom is 0.167 e. The van der Waals surface area contributed by atoms with Gasteiger partial charge in [0.2, 0.25) is 0 Å². The van der Waals surface area contributed by atoms with Crippen LogP contribution in [-0.2, 0) is 13.0 Å². The third-order valence-corrected chi connectivity index (χ3v) is 4.35. The smallest absolute Gasteiger partial charge is 0.167 e. The van der Waals surface area contributed by atoms with Crippen molar-refractivity contribution in [2.45, 2.75) is 47.1 Å². The van der Waals surface area contributed by atoms with Crippen LogP contribution in [0.5, 0.6) is 11.5 Å². The molecular formula is C20H23FO2S. The fourth-order valence-corrected chi connectivity index (χ4v) is 2.59. The Bertz CT molecular complexity index is 741. The fourth-order valence-electron chi connectivity index (χ4n) is 2.51. The van der Waals surface area contributed by atoms with E-state index < -0.39 is 0 Å². The second-order valence-corrected chi connectivity index (χ2v) is 6.19. The lowest BCUT2D eigenvalue weighted by molar-refractivity contribution is 0.293. The number of rotatable bonds is 6. The van der Waals surface area contributed by atoms with Crippen LogP contribution in [0.4, 0.5) is 4.39 Å². The number of aryl methyl sites for hydroxylation is 3. The van der Waals surface area contributed by atoms with Gasteiger partial charge in [0.1, 0.15) is 23.9 Å². The molecule has 0 aromatic heterocycles. The molecule has 0 radical (unpaired) electrons. The topological polar surface area (TPSA) is 18.5 Å². The third kappa shape index (κ3) is 4.32. The summed E-state index contributed by atoms with van der Waals surface area (Å²) in [6, 6.07) is 8.85. The average Bonchev–Trinajstić information content (AvgIpc) is 2.56. The molecule has 0 N–H and O–H groups in total. The summed E-state index contributed by atoms with van der Waals surface area (Å²) < 4.78 is 25.6. The van der Waals surface area contributed by atoms with E-state index in [1.54, 1.807) is 12.1 Å². The largest absolute Gasteiger partial charge is 0.488 e. The van der Waals surface area contributed by atoms with E-state index >= 15 is 0 Å². The van der Waals surface area contributed by atoms with Crippen LogP contribution in [0.25, 0.3) is 0 Å². The Labute approximate surface area is 148 Å². The molecule has 0 amide bonds. The molecule has 0 aliphatic carbocycles. The SMILES string of the molecule is CCC(=S)Oc1cccc(F)c1COc1cc(C)c(CC)cc1C. The molecule has 0 fully saturated rings. The summed E-state index contributed by atoms with van der Waals surface area (Å²) in [7, 11) is 0. The first-order chi connectivity index (χ1) is 11.5. The third-order valence-electron chi connectivity index (χ3n) is 3.97. The molecule has 0 spiro atoms. The van der Waals surface area contributed by atoms with Crippen LogP contribution < -0.4 is 9.47 Å².